The van der Waals surface area contributed by atoms with Gasteiger partial charge < -0.3 is 10.1 Å². The summed E-state index contributed by atoms with van der Waals surface area (Å²) < 4.78 is 5.46. The molecule has 0 aromatic heterocycles. The largest absolute Gasteiger partial charge is 0.455 e. The topological polar surface area (TPSA) is 55.4 Å². The molecule has 1 N–H and O–H groups in total. The van der Waals surface area contributed by atoms with Gasteiger partial charge in [-0.25, -0.2) is 0 Å². The maximum atomic E-state index is 12.6. The SMILES string of the molecule is C[C@H]1CCCC[C@H]1NC(=O)COC(=O)C1C2CC3CC(C2)CC1C3. The number of hydrogen-bond acceptors (Lipinski definition) is 3. The Hall–Kier alpha value is -1.06. The summed E-state index contributed by atoms with van der Waals surface area (Å²) in [5, 5.41) is 3.08. The minimum absolute atomic E-state index is 0.0687. The van der Waals surface area contributed by atoms with Crippen molar-refractivity contribution in [1.29, 1.82) is 0 Å². The molecule has 5 aliphatic rings. The lowest BCUT2D eigenvalue weighted by molar-refractivity contribution is -0.165. The first-order valence-corrected chi connectivity index (χ1v) is 10.1. The summed E-state index contributed by atoms with van der Waals surface area (Å²) in [5.74, 6) is 3.13. The molecule has 5 saturated carbocycles. The average Bonchev–Trinajstić information content (AvgIpc) is 2.54. The van der Waals surface area contributed by atoms with Gasteiger partial charge in [0.15, 0.2) is 6.61 Å². The molecule has 0 aliphatic heterocycles. The highest BCUT2D eigenvalue weighted by Crippen LogP contribution is 2.56. The summed E-state index contributed by atoms with van der Waals surface area (Å²) in [7, 11) is 0. The van der Waals surface area contributed by atoms with Crippen LogP contribution in [0.4, 0.5) is 0 Å². The number of amides is 1. The van der Waals surface area contributed by atoms with Crippen LogP contribution in [0.25, 0.3) is 0 Å². The second-order valence-electron chi connectivity index (χ2n) is 9.00. The molecule has 134 valence electrons. The van der Waals surface area contributed by atoms with Crippen molar-refractivity contribution in [1.82, 2.24) is 5.32 Å². The van der Waals surface area contributed by atoms with E-state index in [0.717, 1.165) is 18.3 Å². The number of hydrogen-bond donors (Lipinski definition) is 1. The Morgan fingerprint density at radius 2 is 1.58 bits per heavy atom. The van der Waals surface area contributed by atoms with Crippen LogP contribution in [0.3, 0.4) is 0 Å². The van der Waals surface area contributed by atoms with Crippen molar-refractivity contribution in [3.8, 4) is 0 Å². The van der Waals surface area contributed by atoms with Crippen molar-refractivity contribution in [3.05, 3.63) is 0 Å². The number of esters is 1. The van der Waals surface area contributed by atoms with Crippen LogP contribution < -0.4 is 5.32 Å². The Kier molecular flexibility index (Phi) is 4.57. The molecule has 5 fully saturated rings. The zero-order chi connectivity index (χ0) is 16.7. The molecule has 0 spiro atoms. The maximum Gasteiger partial charge on any atom is 0.310 e. The molecular weight excluding hydrogens is 302 g/mol. The first kappa shape index (κ1) is 16.4. The monoisotopic (exact) mass is 333 g/mol. The molecule has 4 heteroatoms. The third-order valence-corrected chi connectivity index (χ3v) is 7.30. The number of ether oxygens (including phenoxy) is 1. The number of rotatable bonds is 4. The van der Waals surface area contributed by atoms with Crippen LogP contribution in [0.15, 0.2) is 0 Å². The smallest absolute Gasteiger partial charge is 0.310 e. The van der Waals surface area contributed by atoms with Gasteiger partial charge in [0.05, 0.1) is 5.92 Å². The van der Waals surface area contributed by atoms with E-state index in [4.69, 9.17) is 4.74 Å². The Bertz CT molecular complexity index is 475. The molecule has 4 nitrogen and oxygen atoms in total. The summed E-state index contributed by atoms with van der Waals surface area (Å²) in [6, 6.07) is 0.256. The molecule has 5 aliphatic carbocycles. The molecule has 24 heavy (non-hydrogen) atoms. The van der Waals surface area contributed by atoms with Gasteiger partial charge in [-0.1, -0.05) is 19.8 Å². The molecule has 1 amide bonds. The van der Waals surface area contributed by atoms with E-state index < -0.39 is 0 Å². The zero-order valence-electron chi connectivity index (χ0n) is 14.8. The van der Waals surface area contributed by atoms with Gasteiger partial charge in [-0.15, -0.1) is 0 Å². The Morgan fingerprint density at radius 3 is 2.21 bits per heavy atom. The van der Waals surface area contributed by atoms with Gasteiger partial charge in [0.1, 0.15) is 0 Å². The van der Waals surface area contributed by atoms with E-state index in [9.17, 15) is 9.59 Å². The Balaban J connectivity index is 1.27. The van der Waals surface area contributed by atoms with Gasteiger partial charge in [0.2, 0.25) is 0 Å². The van der Waals surface area contributed by atoms with E-state index in [2.05, 4.69) is 12.2 Å². The number of nitrogens with one attached hydrogen (secondary N) is 1. The van der Waals surface area contributed by atoms with E-state index in [1.165, 1.54) is 51.4 Å². The average molecular weight is 333 g/mol. The normalized spacial score (nSPS) is 43.5. The fraction of sp³-hybridized carbons (Fsp3) is 0.900. The molecule has 0 heterocycles. The van der Waals surface area contributed by atoms with Crippen molar-refractivity contribution in [2.45, 2.75) is 70.8 Å². The van der Waals surface area contributed by atoms with Crippen molar-refractivity contribution in [3.63, 3.8) is 0 Å². The van der Waals surface area contributed by atoms with Crippen LogP contribution in [-0.4, -0.2) is 24.5 Å². The quantitative estimate of drug-likeness (QED) is 0.803. The van der Waals surface area contributed by atoms with Gasteiger partial charge in [0, 0.05) is 6.04 Å². The maximum absolute atomic E-state index is 12.6. The van der Waals surface area contributed by atoms with E-state index in [1.807, 2.05) is 0 Å². The zero-order valence-corrected chi connectivity index (χ0v) is 14.8. The minimum Gasteiger partial charge on any atom is -0.455 e. The molecule has 2 atom stereocenters. The minimum atomic E-state index is -0.120. The number of carbonyl (C=O) groups is 2. The predicted octanol–water partition coefficient (Wildman–Crippen LogP) is 3.30. The van der Waals surface area contributed by atoms with Crippen molar-refractivity contribution < 1.29 is 14.3 Å². The lowest BCUT2D eigenvalue weighted by Gasteiger charge is -2.53. The third-order valence-electron chi connectivity index (χ3n) is 7.30. The van der Waals surface area contributed by atoms with Crippen LogP contribution in [0.2, 0.25) is 0 Å². The first-order chi connectivity index (χ1) is 11.6. The lowest BCUT2D eigenvalue weighted by atomic mass is 9.52. The summed E-state index contributed by atoms with van der Waals surface area (Å²) in [6.45, 7) is 2.11. The first-order valence-electron chi connectivity index (χ1n) is 10.1. The summed E-state index contributed by atoms with van der Waals surface area (Å²) >= 11 is 0. The Labute approximate surface area is 145 Å². The molecule has 0 aromatic carbocycles. The Morgan fingerprint density at radius 1 is 0.958 bits per heavy atom. The predicted molar refractivity (Wildman–Crippen MR) is 91.1 cm³/mol. The molecular formula is C20H31NO3. The molecule has 0 aromatic rings. The summed E-state index contributed by atoms with van der Waals surface area (Å²) in [4.78, 5) is 24.8. The summed E-state index contributed by atoms with van der Waals surface area (Å²) in [5.41, 5.74) is 0. The van der Waals surface area contributed by atoms with E-state index >= 15 is 0 Å². The second kappa shape index (κ2) is 6.68. The fourth-order valence-electron chi connectivity index (χ4n) is 6.32. The van der Waals surface area contributed by atoms with Crippen LogP contribution in [-0.2, 0) is 14.3 Å². The lowest BCUT2D eigenvalue weighted by Crippen LogP contribution is -2.49. The summed E-state index contributed by atoms with van der Waals surface area (Å²) in [6.07, 6.45) is 10.9. The molecule has 5 rings (SSSR count). The highest BCUT2D eigenvalue weighted by Gasteiger charge is 2.51. The van der Waals surface area contributed by atoms with E-state index in [1.54, 1.807) is 0 Å². The highest BCUT2D eigenvalue weighted by atomic mass is 16.5. The van der Waals surface area contributed by atoms with Crippen LogP contribution in [0, 0.1) is 35.5 Å². The van der Waals surface area contributed by atoms with Crippen LogP contribution in [0.1, 0.15) is 64.7 Å². The third kappa shape index (κ3) is 3.21. The van der Waals surface area contributed by atoms with Gasteiger partial charge in [0.25, 0.3) is 5.91 Å². The van der Waals surface area contributed by atoms with Crippen molar-refractivity contribution in [2.24, 2.45) is 35.5 Å². The highest BCUT2D eigenvalue weighted by molar-refractivity contribution is 5.81. The van der Waals surface area contributed by atoms with E-state index in [-0.39, 0.29) is 30.4 Å². The van der Waals surface area contributed by atoms with E-state index in [0.29, 0.717) is 17.8 Å². The van der Waals surface area contributed by atoms with Crippen LogP contribution >= 0.6 is 0 Å². The van der Waals surface area contributed by atoms with Gasteiger partial charge in [-0.2, -0.15) is 0 Å². The number of carbonyl (C=O) groups excluding carboxylic acids is 2. The fourth-order valence-corrected chi connectivity index (χ4v) is 6.32. The second-order valence-corrected chi connectivity index (χ2v) is 9.00. The molecule has 0 saturated heterocycles. The van der Waals surface area contributed by atoms with Gasteiger partial charge >= 0.3 is 5.97 Å². The standard InChI is InChI=1S/C20H31NO3/c1-12-4-2-3-5-17(12)21-18(22)11-24-20(23)19-15-7-13-6-14(9-15)10-16(19)8-13/h12-17,19H,2-11H2,1H3,(H,21,22)/t12-,13?,14?,15?,16?,17+,19?/m0/s1. The van der Waals surface area contributed by atoms with Crippen molar-refractivity contribution >= 4 is 11.9 Å². The molecule has 0 unspecified atom stereocenters. The molecule has 4 bridgehead atoms. The van der Waals surface area contributed by atoms with Gasteiger partial charge in [-0.3, -0.25) is 9.59 Å². The van der Waals surface area contributed by atoms with Crippen LogP contribution in [0.5, 0.6) is 0 Å². The molecule has 0 radical (unpaired) electrons. The van der Waals surface area contributed by atoms with Gasteiger partial charge in [-0.05, 0) is 74.5 Å². The van der Waals surface area contributed by atoms with Crippen molar-refractivity contribution in [2.75, 3.05) is 6.61 Å².